The number of carbonyl (C=O) groups is 1. The number of carboxylic acids is 1. The van der Waals surface area contributed by atoms with E-state index in [0.717, 1.165) is 24.3 Å². The van der Waals surface area contributed by atoms with Crippen LogP contribution in [0, 0.1) is 11.3 Å². The summed E-state index contributed by atoms with van der Waals surface area (Å²) in [6.07, 6.45) is 4.48. The van der Waals surface area contributed by atoms with E-state index in [1.54, 1.807) is 0 Å². The Balaban J connectivity index is 1.60. The van der Waals surface area contributed by atoms with Crippen LogP contribution in [0.5, 0.6) is 0 Å². The van der Waals surface area contributed by atoms with Crippen LogP contribution in [0.1, 0.15) is 12.1 Å². The summed E-state index contributed by atoms with van der Waals surface area (Å²) in [6.45, 7) is 2.92. The molecule has 0 aromatic carbocycles. The van der Waals surface area contributed by atoms with Gasteiger partial charge in [-0.3, -0.25) is 9.69 Å². The maximum atomic E-state index is 11.8. The number of nitrogens with zero attached hydrogens (tertiary/aromatic N) is 3. The number of aromatic nitrogens is 2. The molecule has 4 rings (SSSR count). The van der Waals surface area contributed by atoms with Gasteiger partial charge in [0.05, 0.1) is 23.5 Å². The van der Waals surface area contributed by atoms with Gasteiger partial charge in [-0.25, -0.2) is 4.98 Å². The first-order valence-electron chi connectivity index (χ1n) is 7.73. The molecule has 0 spiro atoms. The number of halogens is 1. The molecule has 2 fully saturated rings. The van der Waals surface area contributed by atoms with E-state index in [1.165, 1.54) is 0 Å². The molecule has 7 heteroatoms. The Bertz CT molecular complexity index is 762. The van der Waals surface area contributed by atoms with Crippen molar-refractivity contribution in [1.82, 2.24) is 14.3 Å². The first-order chi connectivity index (χ1) is 11.1. The van der Waals surface area contributed by atoms with E-state index in [2.05, 4.69) is 9.88 Å². The lowest BCUT2D eigenvalue weighted by Gasteiger charge is -2.34. The van der Waals surface area contributed by atoms with Gasteiger partial charge >= 0.3 is 5.97 Å². The molecule has 2 aliphatic heterocycles. The highest BCUT2D eigenvalue weighted by Crippen LogP contribution is 2.42. The molecule has 0 radical (unpaired) electrons. The first-order valence-corrected chi connectivity index (χ1v) is 8.11. The van der Waals surface area contributed by atoms with Crippen LogP contribution in [-0.2, 0) is 16.1 Å². The normalized spacial score (nSPS) is 28.1. The van der Waals surface area contributed by atoms with Crippen LogP contribution < -0.4 is 0 Å². The zero-order chi connectivity index (χ0) is 16.0. The third-order valence-electron chi connectivity index (χ3n) is 5.09. The Kier molecular flexibility index (Phi) is 3.55. The van der Waals surface area contributed by atoms with Gasteiger partial charge in [0.25, 0.3) is 0 Å². The van der Waals surface area contributed by atoms with Crippen molar-refractivity contribution in [3.8, 4) is 0 Å². The monoisotopic (exact) mass is 335 g/mol. The van der Waals surface area contributed by atoms with Crippen LogP contribution in [0.3, 0.4) is 0 Å². The largest absolute Gasteiger partial charge is 0.481 e. The maximum Gasteiger partial charge on any atom is 0.313 e. The number of carboxylic acid groups (broad SMARTS) is 1. The van der Waals surface area contributed by atoms with E-state index >= 15 is 0 Å². The minimum Gasteiger partial charge on any atom is -0.481 e. The Morgan fingerprint density at radius 2 is 2.39 bits per heavy atom. The number of fused-ring (bicyclic) bond motifs is 2. The predicted molar refractivity (Wildman–Crippen MR) is 84.5 cm³/mol. The van der Waals surface area contributed by atoms with Gasteiger partial charge in [-0.15, -0.1) is 0 Å². The fraction of sp³-hybridized carbons (Fsp3) is 0.500. The summed E-state index contributed by atoms with van der Waals surface area (Å²) in [7, 11) is 0. The number of likely N-dealkylation sites (tertiary alicyclic amines) is 1. The smallest absolute Gasteiger partial charge is 0.313 e. The van der Waals surface area contributed by atoms with Gasteiger partial charge in [0, 0.05) is 32.4 Å². The van der Waals surface area contributed by atoms with Gasteiger partial charge in [0.2, 0.25) is 0 Å². The summed E-state index contributed by atoms with van der Waals surface area (Å²) < 4.78 is 7.44. The second kappa shape index (κ2) is 5.47. The van der Waals surface area contributed by atoms with Crippen molar-refractivity contribution < 1.29 is 14.6 Å². The van der Waals surface area contributed by atoms with E-state index in [1.807, 2.05) is 28.9 Å². The minimum atomic E-state index is -0.767. The van der Waals surface area contributed by atoms with Crippen molar-refractivity contribution in [2.45, 2.75) is 13.0 Å². The third-order valence-corrected chi connectivity index (χ3v) is 5.32. The molecule has 0 unspecified atom stereocenters. The van der Waals surface area contributed by atoms with Crippen LogP contribution >= 0.6 is 11.6 Å². The van der Waals surface area contributed by atoms with Crippen LogP contribution in [0.15, 0.2) is 24.5 Å². The van der Waals surface area contributed by atoms with Crippen molar-refractivity contribution in [1.29, 1.82) is 0 Å². The average Bonchev–Trinajstić information content (AvgIpc) is 3.09. The van der Waals surface area contributed by atoms with Crippen LogP contribution in [-0.4, -0.2) is 51.7 Å². The molecule has 2 aromatic rings. The number of aliphatic carboxylic acids is 1. The maximum absolute atomic E-state index is 11.8. The molecule has 4 heterocycles. The SMILES string of the molecule is O=C(O)[C@@]12COCC[C@@H]1CN(Cc1cnc3ccc(Cl)cn13)C2. The molecule has 0 saturated carbocycles. The number of imidazole rings is 1. The molecule has 0 amide bonds. The molecule has 0 bridgehead atoms. The molecule has 23 heavy (non-hydrogen) atoms. The lowest BCUT2D eigenvalue weighted by atomic mass is 9.76. The summed E-state index contributed by atoms with van der Waals surface area (Å²) in [5.41, 5.74) is 1.09. The summed E-state index contributed by atoms with van der Waals surface area (Å²) in [5.74, 6) is -0.595. The second-order valence-electron chi connectivity index (χ2n) is 6.49. The number of rotatable bonds is 3. The second-order valence-corrected chi connectivity index (χ2v) is 6.93. The van der Waals surface area contributed by atoms with E-state index in [4.69, 9.17) is 16.3 Å². The quantitative estimate of drug-likeness (QED) is 0.928. The predicted octanol–water partition coefficient (Wildman–Crippen LogP) is 1.91. The molecule has 0 aliphatic carbocycles. The van der Waals surface area contributed by atoms with Gasteiger partial charge in [0.15, 0.2) is 0 Å². The third kappa shape index (κ3) is 2.41. The van der Waals surface area contributed by atoms with Crippen molar-refractivity contribution in [2.75, 3.05) is 26.3 Å². The molecule has 6 nitrogen and oxygen atoms in total. The summed E-state index contributed by atoms with van der Waals surface area (Å²) in [6, 6.07) is 3.69. The molecule has 2 saturated heterocycles. The highest BCUT2D eigenvalue weighted by molar-refractivity contribution is 6.30. The first kappa shape index (κ1) is 14.9. The highest BCUT2D eigenvalue weighted by atomic mass is 35.5. The number of ether oxygens (including phenoxy) is 1. The zero-order valence-electron chi connectivity index (χ0n) is 12.6. The van der Waals surface area contributed by atoms with Crippen LogP contribution in [0.4, 0.5) is 0 Å². The van der Waals surface area contributed by atoms with Crippen molar-refractivity contribution >= 4 is 23.2 Å². The minimum absolute atomic E-state index is 0.150. The molecule has 1 N–H and O–H groups in total. The Morgan fingerprint density at radius 1 is 1.52 bits per heavy atom. The molecular weight excluding hydrogens is 318 g/mol. The van der Waals surface area contributed by atoms with Gasteiger partial charge < -0.3 is 14.2 Å². The Labute approximate surface area is 138 Å². The lowest BCUT2D eigenvalue weighted by molar-refractivity contribution is -0.159. The molecule has 2 aliphatic rings. The van der Waals surface area contributed by atoms with Crippen molar-refractivity contribution in [2.24, 2.45) is 11.3 Å². The van der Waals surface area contributed by atoms with E-state index in [0.29, 0.717) is 31.3 Å². The average molecular weight is 336 g/mol. The summed E-state index contributed by atoms with van der Waals surface area (Å²) in [5, 5.41) is 10.4. The zero-order valence-corrected chi connectivity index (χ0v) is 13.4. The lowest BCUT2D eigenvalue weighted by Crippen LogP contribution is -2.46. The standard InChI is InChI=1S/C16H18ClN3O3/c17-12-1-2-14-18-5-13(20(14)7-12)8-19-6-11-3-4-23-10-16(11,9-19)15(21)22/h1-2,5,7,11H,3-4,6,8-10H2,(H,21,22)/t11-,16+/m1/s1. The summed E-state index contributed by atoms with van der Waals surface area (Å²) >= 11 is 6.07. The Hall–Kier alpha value is -1.63. The summed E-state index contributed by atoms with van der Waals surface area (Å²) in [4.78, 5) is 18.4. The Morgan fingerprint density at radius 3 is 3.17 bits per heavy atom. The van der Waals surface area contributed by atoms with Gasteiger partial charge in [-0.05, 0) is 24.5 Å². The fourth-order valence-corrected chi connectivity index (χ4v) is 4.03. The number of hydrogen-bond donors (Lipinski definition) is 1. The van der Waals surface area contributed by atoms with Gasteiger partial charge in [-0.1, -0.05) is 11.6 Å². The van der Waals surface area contributed by atoms with Crippen LogP contribution in [0.2, 0.25) is 5.02 Å². The molecule has 2 aromatic heterocycles. The van der Waals surface area contributed by atoms with E-state index in [-0.39, 0.29) is 5.92 Å². The topological polar surface area (TPSA) is 67.1 Å². The van der Waals surface area contributed by atoms with Gasteiger partial charge in [0.1, 0.15) is 11.1 Å². The molecule has 2 atom stereocenters. The highest BCUT2D eigenvalue weighted by Gasteiger charge is 2.54. The van der Waals surface area contributed by atoms with Gasteiger partial charge in [-0.2, -0.15) is 0 Å². The fourth-order valence-electron chi connectivity index (χ4n) is 3.87. The van der Waals surface area contributed by atoms with Crippen molar-refractivity contribution in [3.63, 3.8) is 0 Å². The van der Waals surface area contributed by atoms with Crippen molar-refractivity contribution in [3.05, 3.63) is 35.2 Å². The van der Waals surface area contributed by atoms with Crippen LogP contribution in [0.25, 0.3) is 5.65 Å². The molecule has 122 valence electrons. The molecular formula is C16H18ClN3O3. The number of pyridine rings is 1. The number of hydrogen-bond acceptors (Lipinski definition) is 4. The van der Waals surface area contributed by atoms with E-state index < -0.39 is 11.4 Å². The van der Waals surface area contributed by atoms with E-state index in [9.17, 15) is 9.90 Å².